The van der Waals surface area contributed by atoms with E-state index in [9.17, 15) is 14.3 Å². The fourth-order valence-corrected chi connectivity index (χ4v) is 3.69. The maximum absolute atomic E-state index is 13.9. The molecule has 1 saturated carbocycles. The predicted octanol–water partition coefficient (Wildman–Crippen LogP) is 3.70. The van der Waals surface area contributed by atoms with Gasteiger partial charge >= 0.3 is 0 Å². The summed E-state index contributed by atoms with van der Waals surface area (Å²) in [5.41, 5.74) is 0.759. The molecule has 0 atom stereocenters. The Kier molecular flexibility index (Phi) is 3.87. The van der Waals surface area contributed by atoms with Crippen LogP contribution in [0.1, 0.15) is 54.9 Å². The second kappa shape index (κ2) is 5.66. The Balaban J connectivity index is 1.67. The number of hydrogen-bond acceptors (Lipinski definition) is 2. The minimum atomic E-state index is -0.769. The molecule has 21 heavy (non-hydrogen) atoms. The molecule has 2 aliphatic rings. The highest BCUT2D eigenvalue weighted by molar-refractivity contribution is 5.99. The van der Waals surface area contributed by atoms with Gasteiger partial charge in [0, 0.05) is 13.1 Å². The van der Waals surface area contributed by atoms with Crippen LogP contribution in [-0.4, -0.2) is 22.5 Å². The minimum absolute atomic E-state index is 0.0669. The molecule has 3 rings (SSSR count). The fourth-order valence-electron chi connectivity index (χ4n) is 3.69. The maximum atomic E-state index is 13.9. The first kappa shape index (κ1) is 14.4. The van der Waals surface area contributed by atoms with Gasteiger partial charge in [-0.25, -0.2) is 4.39 Å². The summed E-state index contributed by atoms with van der Waals surface area (Å²) < 4.78 is 13.9. The van der Waals surface area contributed by atoms with Crippen molar-refractivity contribution in [2.45, 2.75) is 45.6 Å². The zero-order chi connectivity index (χ0) is 15.0. The number of benzene rings is 1. The molecule has 1 fully saturated rings. The van der Waals surface area contributed by atoms with Crippen LogP contribution in [0.15, 0.2) is 12.1 Å². The summed E-state index contributed by atoms with van der Waals surface area (Å²) in [7, 11) is 0. The van der Waals surface area contributed by atoms with Gasteiger partial charge in [0.25, 0.3) is 5.91 Å². The second-order valence-corrected chi connectivity index (χ2v) is 6.41. The number of phenols is 1. The Labute approximate surface area is 124 Å². The second-order valence-electron chi connectivity index (χ2n) is 6.41. The van der Waals surface area contributed by atoms with Gasteiger partial charge in [-0.15, -0.1) is 0 Å². The lowest BCUT2D eigenvalue weighted by molar-refractivity contribution is 0.0725. The van der Waals surface area contributed by atoms with E-state index in [1.807, 2.05) is 0 Å². The maximum Gasteiger partial charge on any atom is 0.257 e. The van der Waals surface area contributed by atoms with E-state index in [0.29, 0.717) is 24.6 Å². The molecule has 0 spiro atoms. The van der Waals surface area contributed by atoms with Gasteiger partial charge in [0.05, 0.1) is 5.56 Å². The molecule has 1 N–H and O–H groups in total. The van der Waals surface area contributed by atoms with Gasteiger partial charge in [-0.1, -0.05) is 32.3 Å². The van der Waals surface area contributed by atoms with Gasteiger partial charge in [-0.05, 0) is 36.3 Å². The minimum Gasteiger partial charge on any atom is -0.505 e. The number of amides is 1. The topological polar surface area (TPSA) is 40.5 Å². The summed E-state index contributed by atoms with van der Waals surface area (Å²) in [6, 6.07) is 2.98. The standard InChI is InChI=1S/C17H22FNO2/c1-2-11-3-5-12(6-4-11)9-19-10-13-7-8-14(20)16(18)15(13)17(19)21/h7-8,11-12,20H,2-6,9-10H2,1H3/t11-,12-. The number of phenolic OH excluding ortho intramolecular Hbond substituents is 1. The first-order valence-electron chi connectivity index (χ1n) is 7.89. The van der Waals surface area contributed by atoms with Crippen LogP contribution in [-0.2, 0) is 6.54 Å². The van der Waals surface area contributed by atoms with Crippen LogP contribution in [0, 0.1) is 17.7 Å². The lowest BCUT2D eigenvalue weighted by Gasteiger charge is -2.30. The molecule has 1 heterocycles. The molecule has 0 aromatic heterocycles. The zero-order valence-electron chi connectivity index (χ0n) is 12.4. The van der Waals surface area contributed by atoms with Crippen LogP contribution in [0.4, 0.5) is 4.39 Å². The van der Waals surface area contributed by atoms with Gasteiger partial charge in [0.15, 0.2) is 11.6 Å². The smallest absolute Gasteiger partial charge is 0.257 e. The summed E-state index contributed by atoms with van der Waals surface area (Å²) >= 11 is 0. The van der Waals surface area contributed by atoms with Gasteiger partial charge in [0.1, 0.15) is 0 Å². The van der Waals surface area contributed by atoms with Crippen molar-refractivity contribution < 1.29 is 14.3 Å². The van der Waals surface area contributed by atoms with Crippen LogP contribution < -0.4 is 0 Å². The number of hydrogen-bond donors (Lipinski definition) is 1. The Hall–Kier alpha value is -1.58. The number of fused-ring (bicyclic) bond motifs is 1. The van der Waals surface area contributed by atoms with Crippen molar-refractivity contribution >= 4 is 5.91 Å². The Morgan fingerprint density at radius 3 is 2.57 bits per heavy atom. The summed E-state index contributed by atoms with van der Waals surface area (Å²) in [5.74, 6) is -0.108. The first-order chi connectivity index (χ1) is 10.1. The van der Waals surface area contributed by atoms with Crippen molar-refractivity contribution in [1.29, 1.82) is 0 Å². The summed E-state index contributed by atoms with van der Waals surface area (Å²) in [5, 5.41) is 9.42. The highest BCUT2D eigenvalue weighted by Gasteiger charge is 2.33. The van der Waals surface area contributed by atoms with Crippen LogP contribution in [0.25, 0.3) is 0 Å². The molecule has 1 aromatic carbocycles. The van der Waals surface area contributed by atoms with E-state index in [2.05, 4.69) is 6.92 Å². The molecule has 4 heteroatoms. The quantitative estimate of drug-likeness (QED) is 0.922. The van der Waals surface area contributed by atoms with Gasteiger partial charge < -0.3 is 10.0 Å². The van der Waals surface area contributed by atoms with E-state index >= 15 is 0 Å². The summed E-state index contributed by atoms with van der Waals surface area (Å²) in [6.07, 6.45) is 6.04. The number of nitrogens with zero attached hydrogens (tertiary/aromatic N) is 1. The predicted molar refractivity (Wildman–Crippen MR) is 78.5 cm³/mol. The molecule has 1 amide bonds. The molecule has 1 aromatic rings. The van der Waals surface area contributed by atoms with E-state index in [1.54, 1.807) is 11.0 Å². The molecule has 114 valence electrons. The molecule has 0 bridgehead atoms. The number of halogens is 1. The van der Waals surface area contributed by atoms with Crippen LogP contribution >= 0.6 is 0 Å². The third-order valence-corrected chi connectivity index (χ3v) is 5.09. The third kappa shape index (κ3) is 2.63. The Morgan fingerprint density at radius 2 is 1.90 bits per heavy atom. The molecule has 0 radical (unpaired) electrons. The SMILES string of the molecule is CC[C@H]1CC[C@H](CN2Cc3ccc(O)c(F)c3C2=O)CC1. The van der Waals surface area contributed by atoms with Crippen molar-refractivity contribution in [3.63, 3.8) is 0 Å². The van der Waals surface area contributed by atoms with Gasteiger partial charge in [-0.2, -0.15) is 0 Å². The molecular weight excluding hydrogens is 269 g/mol. The summed E-state index contributed by atoms with van der Waals surface area (Å²) in [4.78, 5) is 14.1. The molecule has 0 unspecified atom stereocenters. The number of rotatable bonds is 3. The van der Waals surface area contributed by atoms with Crippen molar-refractivity contribution in [2.24, 2.45) is 11.8 Å². The van der Waals surface area contributed by atoms with Gasteiger partial charge in [0.2, 0.25) is 0 Å². The van der Waals surface area contributed by atoms with Crippen molar-refractivity contribution in [1.82, 2.24) is 4.90 Å². The van der Waals surface area contributed by atoms with Crippen molar-refractivity contribution in [3.05, 3.63) is 29.1 Å². The molecule has 0 saturated heterocycles. The number of carbonyl (C=O) groups excluding carboxylic acids is 1. The van der Waals surface area contributed by atoms with Crippen LogP contribution in [0.2, 0.25) is 0 Å². The Morgan fingerprint density at radius 1 is 1.24 bits per heavy atom. The number of carbonyl (C=O) groups is 1. The van der Waals surface area contributed by atoms with Crippen LogP contribution in [0.5, 0.6) is 5.75 Å². The van der Waals surface area contributed by atoms with E-state index in [4.69, 9.17) is 0 Å². The normalized spacial score (nSPS) is 25.2. The van der Waals surface area contributed by atoms with E-state index in [1.165, 1.54) is 25.3 Å². The lowest BCUT2D eigenvalue weighted by Crippen LogP contribution is -2.32. The zero-order valence-corrected chi connectivity index (χ0v) is 12.4. The van der Waals surface area contributed by atoms with Crippen molar-refractivity contribution in [2.75, 3.05) is 6.54 Å². The highest BCUT2D eigenvalue weighted by atomic mass is 19.1. The van der Waals surface area contributed by atoms with E-state index in [0.717, 1.165) is 18.8 Å². The first-order valence-corrected chi connectivity index (χ1v) is 7.89. The average molecular weight is 291 g/mol. The van der Waals surface area contributed by atoms with E-state index in [-0.39, 0.29) is 11.5 Å². The molecule has 1 aliphatic carbocycles. The molecule has 1 aliphatic heterocycles. The third-order valence-electron chi connectivity index (χ3n) is 5.09. The summed E-state index contributed by atoms with van der Waals surface area (Å²) in [6.45, 7) is 3.42. The monoisotopic (exact) mass is 291 g/mol. The highest BCUT2D eigenvalue weighted by Crippen LogP contribution is 2.34. The van der Waals surface area contributed by atoms with Crippen LogP contribution in [0.3, 0.4) is 0 Å². The van der Waals surface area contributed by atoms with Gasteiger partial charge in [-0.3, -0.25) is 4.79 Å². The molecular formula is C17H22FNO2. The average Bonchev–Trinajstić information content (AvgIpc) is 2.81. The fraction of sp³-hybridized carbons (Fsp3) is 0.588. The lowest BCUT2D eigenvalue weighted by atomic mass is 9.80. The van der Waals surface area contributed by atoms with E-state index < -0.39 is 11.6 Å². The number of aromatic hydroxyl groups is 1. The molecule has 3 nitrogen and oxygen atoms in total. The largest absolute Gasteiger partial charge is 0.505 e. The van der Waals surface area contributed by atoms with Crippen molar-refractivity contribution in [3.8, 4) is 5.75 Å². The Bertz CT molecular complexity index is 550.